The summed E-state index contributed by atoms with van der Waals surface area (Å²) < 4.78 is 10.9. The normalized spacial score (nSPS) is 19.1. The average Bonchev–Trinajstić information content (AvgIpc) is 2.97. The molecular weight excluding hydrogens is 274 g/mol. The van der Waals surface area contributed by atoms with Crippen molar-refractivity contribution >= 4 is 17.4 Å². The Kier molecular flexibility index (Phi) is 4.22. The number of rotatable bonds is 4. The molecule has 1 aromatic carbocycles. The maximum Gasteiger partial charge on any atom is 0.227 e. The number of nitrogen functional groups attached to an aromatic ring is 1. The summed E-state index contributed by atoms with van der Waals surface area (Å²) in [6, 6.07) is 7.85. The first kappa shape index (κ1) is 13.5. The van der Waals surface area contributed by atoms with Crippen LogP contribution in [0, 0.1) is 0 Å². The Balaban J connectivity index is 1.58. The van der Waals surface area contributed by atoms with Crippen molar-refractivity contribution in [1.29, 1.82) is 0 Å². The number of aryl methyl sites for hydroxylation is 2. The van der Waals surface area contributed by atoms with Crippen molar-refractivity contribution in [3.63, 3.8) is 0 Å². The highest BCUT2D eigenvalue weighted by Crippen LogP contribution is 2.24. The van der Waals surface area contributed by atoms with Crippen molar-refractivity contribution in [2.45, 2.75) is 18.9 Å². The number of hydrogen-bond acceptors (Lipinski definition) is 6. The van der Waals surface area contributed by atoms with E-state index in [0.29, 0.717) is 11.7 Å². The Labute approximate surface area is 121 Å². The van der Waals surface area contributed by atoms with Gasteiger partial charge in [-0.15, -0.1) is 0 Å². The van der Waals surface area contributed by atoms with Crippen LogP contribution in [0.5, 0.6) is 0 Å². The first-order valence-electron chi connectivity index (χ1n) is 6.67. The van der Waals surface area contributed by atoms with E-state index < -0.39 is 0 Å². The number of ether oxygens (including phenoxy) is 1. The maximum atomic E-state index is 5.66. The van der Waals surface area contributed by atoms with Crippen LogP contribution in [-0.2, 0) is 17.6 Å². The van der Waals surface area contributed by atoms with E-state index in [-0.39, 0.29) is 6.10 Å². The van der Waals surface area contributed by atoms with Gasteiger partial charge in [0.2, 0.25) is 11.7 Å². The summed E-state index contributed by atoms with van der Waals surface area (Å²) in [7, 11) is 0. The first-order valence-corrected chi connectivity index (χ1v) is 7.83. The molecule has 3 rings (SSSR count). The van der Waals surface area contributed by atoms with Crippen molar-refractivity contribution in [3.05, 3.63) is 41.5 Å². The molecular formula is C14H17N3O2S. The molecule has 2 N–H and O–H groups in total. The highest BCUT2D eigenvalue weighted by molar-refractivity contribution is 7.99. The fourth-order valence-electron chi connectivity index (χ4n) is 2.07. The van der Waals surface area contributed by atoms with Crippen molar-refractivity contribution in [3.8, 4) is 0 Å². The smallest absolute Gasteiger partial charge is 0.227 e. The van der Waals surface area contributed by atoms with Crippen LogP contribution >= 0.6 is 11.8 Å². The molecule has 1 atom stereocenters. The third kappa shape index (κ3) is 3.32. The van der Waals surface area contributed by atoms with Gasteiger partial charge in [-0.3, -0.25) is 0 Å². The molecule has 0 spiro atoms. The molecule has 2 aromatic rings. The topological polar surface area (TPSA) is 74.2 Å². The maximum absolute atomic E-state index is 5.66. The monoisotopic (exact) mass is 291 g/mol. The quantitative estimate of drug-likeness (QED) is 0.871. The minimum absolute atomic E-state index is 0.0252. The zero-order valence-corrected chi connectivity index (χ0v) is 11.9. The van der Waals surface area contributed by atoms with Crippen LogP contribution in [-0.4, -0.2) is 28.3 Å². The second-order valence-electron chi connectivity index (χ2n) is 4.72. The number of aromatic nitrogens is 2. The minimum atomic E-state index is -0.0252. The average molecular weight is 291 g/mol. The van der Waals surface area contributed by atoms with Gasteiger partial charge >= 0.3 is 0 Å². The summed E-state index contributed by atoms with van der Waals surface area (Å²) in [5, 5.41) is 4.02. The SMILES string of the molecule is Nc1ccc(CCc2nc(C3CSCCO3)no2)cc1. The Bertz CT molecular complexity index is 550. The van der Waals surface area contributed by atoms with E-state index in [1.807, 2.05) is 36.0 Å². The largest absolute Gasteiger partial charge is 0.399 e. The van der Waals surface area contributed by atoms with E-state index in [1.54, 1.807) is 0 Å². The zero-order valence-electron chi connectivity index (χ0n) is 11.1. The molecule has 1 aromatic heterocycles. The summed E-state index contributed by atoms with van der Waals surface area (Å²) in [6.07, 6.45) is 1.57. The molecule has 6 heteroatoms. The highest BCUT2D eigenvalue weighted by atomic mass is 32.2. The van der Waals surface area contributed by atoms with Crippen LogP contribution in [0.2, 0.25) is 0 Å². The molecule has 1 aliphatic heterocycles. The van der Waals surface area contributed by atoms with Gasteiger partial charge in [-0.05, 0) is 24.1 Å². The lowest BCUT2D eigenvalue weighted by atomic mass is 10.1. The molecule has 1 aliphatic rings. The van der Waals surface area contributed by atoms with Gasteiger partial charge in [0, 0.05) is 23.6 Å². The van der Waals surface area contributed by atoms with Crippen molar-refractivity contribution in [2.75, 3.05) is 23.8 Å². The lowest BCUT2D eigenvalue weighted by Crippen LogP contribution is -2.16. The van der Waals surface area contributed by atoms with Crippen LogP contribution in [0.4, 0.5) is 5.69 Å². The summed E-state index contributed by atoms with van der Waals surface area (Å²) in [6.45, 7) is 0.755. The van der Waals surface area contributed by atoms with E-state index in [1.165, 1.54) is 5.56 Å². The predicted octanol–water partition coefficient (Wildman–Crippen LogP) is 2.24. The Morgan fingerprint density at radius 3 is 2.85 bits per heavy atom. The molecule has 0 aliphatic carbocycles. The molecule has 5 nitrogen and oxygen atoms in total. The third-order valence-corrected chi connectivity index (χ3v) is 4.19. The van der Waals surface area contributed by atoms with Gasteiger partial charge in [0.25, 0.3) is 0 Å². The molecule has 1 saturated heterocycles. The summed E-state index contributed by atoms with van der Waals surface area (Å²) in [5.74, 6) is 3.27. The van der Waals surface area contributed by atoms with E-state index >= 15 is 0 Å². The van der Waals surface area contributed by atoms with E-state index in [0.717, 1.165) is 36.6 Å². The summed E-state index contributed by atoms with van der Waals surface area (Å²) in [5.41, 5.74) is 7.65. The van der Waals surface area contributed by atoms with Gasteiger partial charge in [0.05, 0.1) is 6.61 Å². The summed E-state index contributed by atoms with van der Waals surface area (Å²) in [4.78, 5) is 4.43. The Morgan fingerprint density at radius 2 is 2.10 bits per heavy atom. The molecule has 0 saturated carbocycles. The number of anilines is 1. The van der Waals surface area contributed by atoms with Crippen LogP contribution < -0.4 is 5.73 Å². The van der Waals surface area contributed by atoms with Crippen LogP contribution in [0.1, 0.15) is 23.4 Å². The van der Waals surface area contributed by atoms with Crippen molar-refractivity contribution in [1.82, 2.24) is 10.1 Å². The second kappa shape index (κ2) is 6.28. The minimum Gasteiger partial charge on any atom is -0.399 e. The molecule has 1 unspecified atom stereocenters. The number of nitrogens with zero attached hydrogens (tertiary/aromatic N) is 2. The van der Waals surface area contributed by atoms with Gasteiger partial charge in [-0.25, -0.2) is 0 Å². The Morgan fingerprint density at radius 1 is 1.25 bits per heavy atom. The second-order valence-corrected chi connectivity index (χ2v) is 5.87. The van der Waals surface area contributed by atoms with Crippen molar-refractivity contribution < 1.29 is 9.26 Å². The Hall–Kier alpha value is -1.53. The van der Waals surface area contributed by atoms with E-state index in [2.05, 4.69) is 10.1 Å². The van der Waals surface area contributed by atoms with Gasteiger partial charge in [0.1, 0.15) is 6.10 Å². The lowest BCUT2D eigenvalue weighted by molar-refractivity contribution is 0.0677. The van der Waals surface area contributed by atoms with Crippen LogP contribution in [0.3, 0.4) is 0 Å². The van der Waals surface area contributed by atoms with Crippen LogP contribution in [0.25, 0.3) is 0 Å². The predicted molar refractivity (Wildman–Crippen MR) is 78.6 cm³/mol. The molecule has 0 bridgehead atoms. The number of benzene rings is 1. The molecule has 0 amide bonds. The van der Waals surface area contributed by atoms with E-state index in [4.69, 9.17) is 15.0 Å². The number of thioether (sulfide) groups is 1. The van der Waals surface area contributed by atoms with Crippen LogP contribution in [0.15, 0.2) is 28.8 Å². The number of hydrogen-bond donors (Lipinski definition) is 1. The fraction of sp³-hybridized carbons (Fsp3) is 0.429. The lowest BCUT2D eigenvalue weighted by Gasteiger charge is -2.18. The van der Waals surface area contributed by atoms with Gasteiger partial charge in [-0.2, -0.15) is 16.7 Å². The molecule has 20 heavy (non-hydrogen) atoms. The first-order chi connectivity index (χ1) is 9.81. The summed E-state index contributed by atoms with van der Waals surface area (Å²) >= 11 is 1.86. The van der Waals surface area contributed by atoms with Gasteiger partial charge in [0.15, 0.2) is 0 Å². The standard InChI is InChI=1S/C14H17N3O2S/c15-11-4-1-10(2-5-11)3-6-13-16-14(17-19-13)12-9-20-8-7-18-12/h1-2,4-5,12H,3,6-9,15H2. The zero-order chi connectivity index (χ0) is 13.8. The molecule has 1 fully saturated rings. The third-order valence-electron chi connectivity index (χ3n) is 3.19. The fourth-order valence-corrected chi connectivity index (χ4v) is 2.91. The molecule has 2 heterocycles. The molecule has 106 valence electrons. The number of nitrogens with two attached hydrogens (primary N) is 1. The van der Waals surface area contributed by atoms with Crippen molar-refractivity contribution in [2.24, 2.45) is 0 Å². The highest BCUT2D eigenvalue weighted by Gasteiger charge is 2.21. The van der Waals surface area contributed by atoms with Gasteiger partial charge < -0.3 is 15.0 Å². The van der Waals surface area contributed by atoms with E-state index in [9.17, 15) is 0 Å². The molecule has 0 radical (unpaired) electrons. The van der Waals surface area contributed by atoms with Gasteiger partial charge in [-0.1, -0.05) is 17.3 Å².